The first kappa shape index (κ1) is 8.55. The van der Waals surface area contributed by atoms with Gasteiger partial charge in [0.2, 0.25) is 0 Å². The minimum Gasteiger partial charge on any atom is -0.311 e. The van der Waals surface area contributed by atoms with Crippen molar-refractivity contribution >= 4 is 0 Å². The molecule has 1 saturated heterocycles. The van der Waals surface area contributed by atoms with E-state index < -0.39 is 0 Å². The van der Waals surface area contributed by atoms with Gasteiger partial charge in [0, 0.05) is 12.1 Å². The van der Waals surface area contributed by atoms with Crippen LogP contribution in [-0.2, 0) is 0 Å². The Morgan fingerprint density at radius 2 is 1.67 bits per heavy atom. The topological polar surface area (TPSA) is 12.0 Å². The van der Waals surface area contributed by atoms with Crippen LogP contribution in [0.4, 0.5) is 0 Å². The van der Waals surface area contributed by atoms with Crippen LogP contribution in [0.1, 0.15) is 51.9 Å². The molecule has 2 atom stereocenters. The van der Waals surface area contributed by atoms with Crippen LogP contribution in [0.25, 0.3) is 0 Å². The first-order valence-corrected chi connectivity index (χ1v) is 5.62. The molecule has 1 heteroatoms. The van der Waals surface area contributed by atoms with Gasteiger partial charge in [0.1, 0.15) is 0 Å². The summed E-state index contributed by atoms with van der Waals surface area (Å²) in [7, 11) is 0. The SMILES string of the molecule is C[C@@H]1CC[C@H](C2CCCCC2)N1. The van der Waals surface area contributed by atoms with Crippen LogP contribution < -0.4 is 5.32 Å². The lowest BCUT2D eigenvalue weighted by atomic mass is 9.83. The summed E-state index contributed by atoms with van der Waals surface area (Å²) >= 11 is 0. The average Bonchev–Trinajstić information content (AvgIpc) is 2.54. The van der Waals surface area contributed by atoms with Crippen molar-refractivity contribution in [2.45, 2.75) is 64.0 Å². The van der Waals surface area contributed by atoms with E-state index >= 15 is 0 Å². The van der Waals surface area contributed by atoms with Gasteiger partial charge in [0.25, 0.3) is 0 Å². The van der Waals surface area contributed by atoms with Crippen LogP contribution in [0.2, 0.25) is 0 Å². The van der Waals surface area contributed by atoms with E-state index in [2.05, 4.69) is 12.2 Å². The van der Waals surface area contributed by atoms with E-state index in [1.54, 1.807) is 0 Å². The van der Waals surface area contributed by atoms with Gasteiger partial charge in [-0.3, -0.25) is 0 Å². The van der Waals surface area contributed by atoms with Crippen molar-refractivity contribution in [1.82, 2.24) is 5.32 Å². The molecule has 0 aromatic carbocycles. The quantitative estimate of drug-likeness (QED) is 0.633. The summed E-state index contributed by atoms with van der Waals surface area (Å²) in [6.07, 6.45) is 10.3. The Hall–Kier alpha value is -0.0400. The molecule has 2 rings (SSSR count). The van der Waals surface area contributed by atoms with Gasteiger partial charge in [0.15, 0.2) is 0 Å². The maximum Gasteiger partial charge on any atom is 0.00983 e. The fourth-order valence-corrected chi connectivity index (χ4v) is 2.87. The summed E-state index contributed by atoms with van der Waals surface area (Å²) < 4.78 is 0. The molecule has 1 N–H and O–H groups in total. The second-order valence-corrected chi connectivity index (χ2v) is 4.65. The summed E-state index contributed by atoms with van der Waals surface area (Å²) in [5, 5.41) is 3.72. The minimum absolute atomic E-state index is 0.789. The molecule has 0 spiro atoms. The van der Waals surface area contributed by atoms with Crippen molar-refractivity contribution in [3.05, 3.63) is 0 Å². The Morgan fingerprint density at radius 3 is 2.25 bits per heavy atom. The first-order valence-electron chi connectivity index (χ1n) is 5.62. The molecular formula is C11H21N. The molecule has 1 aliphatic heterocycles. The molecule has 0 bridgehead atoms. The van der Waals surface area contributed by atoms with Crippen molar-refractivity contribution in [1.29, 1.82) is 0 Å². The van der Waals surface area contributed by atoms with Gasteiger partial charge in [-0.15, -0.1) is 0 Å². The van der Waals surface area contributed by atoms with E-state index in [1.165, 1.54) is 44.9 Å². The Morgan fingerprint density at radius 1 is 0.917 bits per heavy atom. The van der Waals surface area contributed by atoms with Gasteiger partial charge in [-0.1, -0.05) is 19.3 Å². The second-order valence-electron chi connectivity index (χ2n) is 4.65. The molecule has 2 aliphatic rings. The van der Waals surface area contributed by atoms with Gasteiger partial charge in [-0.05, 0) is 38.5 Å². The fraction of sp³-hybridized carbons (Fsp3) is 1.00. The zero-order valence-corrected chi connectivity index (χ0v) is 8.18. The number of nitrogens with one attached hydrogen (secondary N) is 1. The highest BCUT2D eigenvalue weighted by Gasteiger charge is 2.28. The molecule has 1 nitrogen and oxygen atoms in total. The number of hydrogen-bond donors (Lipinski definition) is 1. The Labute approximate surface area is 75.9 Å². The summed E-state index contributed by atoms with van der Waals surface area (Å²) in [5.41, 5.74) is 0. The standard InChI is InChI=1S/C11H21N/c1-9-7-8-11(12-9)10-5-3-2-4-6-10/h9-12H,2-8H2,1H3/t9-,11-/m1/s1. The third-order valence-electron chi connectivity index (χ3n) is 3.63. The first-order chi connectivity index (χ1) is 5.86. The van der Waals surface area contributed by atoms with Crippen molar-refractivity contribution in [3.8, 4) is 0 Å². The number of hydrogen-bond acceptors (Lipinski definition) is 1. The van der Waals surface area contributed by atoms with E-state index in [9.17, 15) is 0 Å². The normalized spacial score (nSPS) is 38.8. The van der Waals surface area contributed by atoms with E-state index in [-0.39, 0.29) is 0 Å². The highest BCUT2D eigenvalue weighted by atomic mass is 15.0. The minimum atomic E-state index is 0.789. The van der Waals surface area contributed by atoms with Gasteiger partial charge >= 0.3 is 0 Å². The molecule has 0 radical (unpaired) electrons. The van der Waals surface area contributed by atoms with E-state index in [0.717, 1.165) is 18.0 Å². The lowest BCUT2D eigenvalue weighted by Crippen LogP contribution is -2.34. The lowest BCUT2D eigenvalue weighted by molar-refractivity contribution is 0.283. The van der Waals surface area contributed by atoms with Crippen molar-refractivity contribution < 1.29 is 0 Å². The van der Waals surface area contributed by atoms with Crippen LogP contribution in [-0.4, -0.2) is 12.1 Å². The van der Waals surface area contributed by atoms with Crippen molar-refractivity contribution in [2.75, 3.05) is 0 Å². The van der Waals surface area contributed by atoms with Crippen molar-refractivity contribution in [2.24, 2.45) is 5.92 Å². The Kier molecular flexibility index (Phi) is 2.69. The molecule has 0 aromatic rings. The van der Waals surface area contributed by atoms with Gasteiger partial charge in [-0.2, -0.15) is 0 Å². The van der Waals surface area contributed by atoms with Gasteiger partial charge in [-0.25, -0.2) is 0 Å². The molecule has 0 aromatic heterocycles. The highest BCUT2D eigenvalue weighted by Crippen LogP contribution is 2.31. The fourth-order valence-electron chi connectivity index (χ4n) is 2.87. The second kappa shape index (κ2) is 3.78. The van der Waals surface area contributed by atoms with E-state index in [1.807, 2.05) is 0 Å². The predicted octanol–water partition coefficient (Wildman–Crippen LogP) is 2.71. The predicted molar refractivity (Wildman–Crippen MR) is 52.2 cm³/mol. The van der Waals surface area contributed by atoms with E-state index in [0.29, 0.717) is 0 Å². The summed E-state index contributed by atoms with van der Waals surface area (Å²) in [4.78, 5) is 0. The molecule has 1 saturated carbocycles. The average molecular weight is 167 g/mol. The third-order valence-corrected chi connectivity index (χ3v) is 3.63. The zero-order chi connectivity index (χ0) is 8.39. The Balaban J connectivity index is 1.83. The van der Waals surface area contributed by atoms with Crippen LogP contribution in [0.5, 0.6) is 0 Å². The molecule has 1 heterocycles. The lowest BCUT2D eigenvalue weighted by Gasteiger charge is -2.27. The smallest absolute Gasteiger partial charge is 0.00983 e. The third kappa shape index (κ3) is 1.82. The molecule has 12 heavy (non-hydrogen) atoms. The molecule has 70 valence electrons. The summed E-state index contributed by atoms with van der Waals surface area (Å²) in [6, 6.07) is 1.66. The number of rotatable bonds is 1. The van der Waals surface area contributed by atoms with Crippen LogP contribution in [0.15, 0.2) is 0 Å². The molecule has 2 fully saturated rings. The highest BCUT2D eigenvalue weighted by molar-refractivity contribution is 4.87. The van der Waals surface area contributed by atoms with Gasteiger partial charge < -0.3 is 5.32 Å². The Bertz CT molecular complexity index is 135. The molecule has 1 aliphatic carbocycles. The molecular weight excluding hydrogens is 146 g/mol. The van der Waals surface area contributed by atoms with Crippen molar-refractivity contribution in [3.63, 3.8) is 0 Å². The van der Waals surface area contributed by atoms with Crippen LogP contribution in [0, 0.1) is 5.92 Å². The van der Waals surface area contributed by atoms with Gasteiger partial charge in [0.05, 0.1) is 0 Å². The molecule has 0 unspecified atom stereocenters. The van der Waals surface area contributed by atoms with Crippen LogP contribution in [0.3, 0.4) is 0 Å². The molecule has 0 amide bonds. The zero-order valence-electron chi connectivity index (χ0n) is 8.18. The largest absolute Gasteiger partial charge is 0.311 e. The van der Waals surface area contributed by atoms with E-state index in [4.69, 9.17) is 0 Å². The maximum atomic E-state index is 3.72. The summed E-state index contributed by atoms with van der Waals surface area (Å²) in [6.45, 7) is 2.32. The summed E-state index contributed by atoms with van der Waals surface area (Å²) in [5.74, 6) is 1.02. The van der Waals surface area contributed by atoms with Crippen LogP contribution >= 0.6 is 0 Å². The monoisotopic (exact) mass is 167 g/mol. The maximum absolute atomic E-state index is 3.72.